The predicted molar refractivity (Wildman–Crippen MR) is 103 cm³/mol. The Morgan fingerprint density at radius 2 is 2.18 bits per heavy atom. The number of amides is 1. The monoisotopic (exact) mass is 378 g/mol. The Balaban J connectivity index is 1.43. The quantitative estimate of drug-likeness (QED) is 0.650. The van der Waals surface area contributed by atoms with Crippen LogP contribution in [0.25, 0.3) is 16.8 Å². The molecule has 3 aromatic heterocycles. The second-order valence-corrected chi connectivity index (χ2v) is 7.66. The van der Waals surface area contributed by atoms with E-state index in [1.54, 1.807) is 21.6 Å². The van der Waals surface area contributed by atoms with E-state index in [-0.39, 0.29) is 18.1 Å². The molecule has 0 N–H and O–H groups in total. The van der Waals surface area contributed by atoms with Gasteiger partial charge in [0.15, 0.2) is 0 Å². The van der Waals surface area contributed by atoms with E-state index in [2.05, 4.69) is 16.8 Å². The van der Waals surface area contributed by atoms with Crippen LogP contribution in [0.5, 0.6) is 5.88 Å². The van der Waals surface area contributed by atoms with E-state index in [1.165, 1.54) is 6.08 Å². The fourth-order valence-electron chi connectivity index (χ4n) is 4.50. The number of aromatic nitrogens is 5. The van der Waals surface area contributed by atoms with Crippen molar-refractivity contribution in [2.24, 2.45) is 13.0 Å². The van der Waals surface area contributed by atoms with Crippen LogP contribution in [0.15, 0.2) is 43.5 Å². The van der Waals surface area contributed by atoms with Crippen molar-refractivity contribution < 1.29 is 9.53 Å². The minimum atomic E-state index is 0.0167. The molecule has 0 radical (unpaired) electrons. The first-order valence-corrected chi connectivity index (χ1v) is 9.54. The van der Waals surface area contributed by atoms with Gasteiger partial charge < -0.3 is 9.64 Å². The van der Waals surface area contributed by atoms with Gasteiger partial charge in [0.1, 0.15) is 11.6 Å². The first-order valence-electron chi connectivity index (χ1n) is 9.54. The van der Waals surface area contributed by atoms with Crippen LogP contribution in [-0.4, -0.2) is 53.9 Å². The van der Waals surface area contributed by atoms with E-state index in [1.807, 2.05) is 30.4 Å². The summed E-state index contributed by atoms with van der Waals surface area (Å²) >= 11 is 0. The first-order chi connectivity index (χ1) is 13.6. The molecule has 2 bridgehead atoms. The Morgan fingerprint density at radius 1 is 1.29 bits per heavy atom. The van der Waals surface area contributed by atoms with Gasteiger partial charge in [0.25, 0.3) is 0 Å². The summed E-state index contributed by atoms with van der Waals surface area (Å²) in [4.78, 5) is 18.8. The summed E-state index contributed by atoms with van der Waals surface area (Å²) in [5.41, 5.74) is 2.52. The molecule has 3 atom stereocenters. The number of hydrogen-bond acceptors (Lipinski definition) is 5. The highest BCUT2D eigenvalue weighted by atomic mass is 16.5. The van der Waals surface area contributed by atoms with E-state index in [0.29, 0.717) is 11.8 Å². The van der Waals surface area contributed by atoms with Gasteiger partial charge in [0.05, 0.1) is 24.3 Å². The molecule has 4 heterocycles. The molecule has 8 nitrogen and oxygen atoms in total. The molecule has 5 rings (SSSR count). The molecule has 8 heteroatoms. The molecule has 1 amide bonds. The second kappa shape index (κ2) is 6.47. The lowest BCUT2D eigenvalue weighted by molar-refractivity contribution is -0.127. The zero-order valence-electron chi connectivity index (χ0n) is 15.7. The van der Waals surface area contributed by atoms with Gasteiger partial charge in [-0.05, 0) is 30.9 Å². The molecular weight excluding hydrogens is 356 g/mol. The van der Waals surface area contributed by atoms with E-state index < -0.39 is 0 Å². The normalized spacial score (nSPS) is 23.9. The van der Waals surface area contributed by atoms with Crippen LogP contribution >= 0.6 is 0 Å². The number of rotatable bonds is 4. The lowest BCUT2D eigenvalue weighted by Gasteiger charge is -2.29. The Kier molecular flexibility index (Phi) is 3.92. The van der Waals surface area contributed by atoms with E-state index in [9.17, 15) is 4.79 Å². The highest BCUT2D eigenvalue weighted by molar-refractivity contribution is 5.87. The lowest BCUT2D eigenvalue weighted by Crippen LogP contribution is -2.37. The van der Waals surface area contributed by atoms with Crippen molar-refractivity contribution >= 4 is 11.4 Å². The van der Waals surface area contributed by atoms with Crippen LogP contribution in [0.1, 0.15) is 19.3 Å². The molecule has 28 heavy (non-hydrogen) atoms. The molecule has 1 aliphatic carbocycles. The number of fused-ring (bicyclic) bond motifs is 3. The minimum absolute atomic E-state index is 0.0167. The van der Waals surface area contributed by atoms with Crippen molar-refractivity contribution in [2.45, 2.75) is 31.4 Å². The molecule has 0 aromatic carbocycles. The summed E-state index contributed by atoms with van der Waals surface area (Å²) in [6.07, 6.45) is 11.5. The molecule has 3 aromatic rings. The predicted octanol–water partition coefficient (Wildman–Crippen LogP) is 2.07. The molecule has 2 aliphatic rings. The lowest BCUT2D eigenvalue weighted by atomic mass is 9.88. The van der Waals surface area contributed by atoms with Crippen molar-refractivity contribution in [3.05, 3.63) is 43.5 Å². The molecule has 1 saturated heterocycles. The fraction of sp³-hybridized carbons (Fsp3) is 0.400. The van der Waals surface area contributed by atoms with Crippen LogP contribution in [0.4, 0.5) is 0 Å². The van der Waals surface area contributed by atoms with Gasteiger partial charge in [-0.3, -0.25) is 9.48 Å². The molecule has 2 fully saturated rings. The van der Waals surface area contributed by atoms with Gasteiger partial charge >= 0.3 is 0 Å². The number of nitrogens with zero attached hydrogens (tertiary/aromatic N) is 6. The maximum atomic E-state index is 12.1. The van der Waals surface area contributed by atoms with Crippen LogP contribution in [0, 0.1) is 5.92 Å². The SMILES string of the molecule is C=CC(=O)N1CC2C[C@@H](Oc3nc(-c4cnn(C)c4)cn4nccc34)C[C@H]1C2. The summed E-state index contributed by atoms with van der Waals surface area (Å²) in [7, 11) is 1.88. The third kappa shape index (κ3) is 2.85. The highest BCUT2D eigenvalue weighted by Crippen LogP contribution is 2.38. The fourth-order valence-corrected chi connectivity index (χ4v) is 4.50. The van der Waals surface area contributed by atoms with Gasteiger partial charge in [-0.25, -0.2) is 9.50 Å². The maximum Gasteiger partial charge on any atom is 0.246 e. The van der Waals surface area contributed by atoms with Crippen LogP contribution in [0.2, 0.25) is 0 Å². The van der Waals surface area contributed by atoms with E-state index in [4.69, 9.17) is 9.72 Å². The first kappa shape index (κ1) is 17.0. The Bertz CT molecular complexity index is 1050. The van der Waals surface area contributed by atoms with Gasteiger partial charge in [-0.15, -0.1) is 0 Å². The van der Waals surface area contributed by atoms with Crippen molar-refractivity contribution in [3.63, 3.8) is 0 Å². The zero-order chi connectivity index (χ0) is 19.3. The summed E-state index contributed by atoms with van der Waals surface area (Å²) in [5.74, 6) is 1.06. The molecule has 144 valence electrons. The summed E-state index contributed by atoms with van der Waals surface area (Å²) in [6, 6.07) is 2.12. The Morgan fingerprint density at radius 3 is 2.96 bits per heavy atom. The number of likely N-dealkylation sites (tertiary alicyclic amines) is 1. The Hall–Kier alpha value is -3.16. The molecule has 1 saturated carbocycles. The smallest absolute Gasteiger partial charge is 0.246 e. The van der Waals surface area contributed by atoms with Crippen molar-refractivity contribution in [1.29, 1.82) is 0 Å². The third-order valence-corrected chi connectivity index (χ3v) is 5.72. The summed E-state index contributed by atoms with van der Waals surface area (Å²) in [5, 5.41) is 8.59. The number of aryl methyl sites for hydroxylation is 1. The van der Waals surface area contributed by atoms with Crippen molar-refractivity contribution in [1.82, 2.24) is 29.3 Å². The highest BCUT2D eigenvalue weighted by Gasteiger charge is 2.42. The molecular formula is C20H22N6O2. The zero-order valence-corrected chi connectivity index (χ0v) is 15.7. The van der Waals surface area contributed by atoms with E-state index in [0.717, 1.165) is 42.6 Å². The van der Waals surface area contributed by atoms with Crippen molar-refractivity contribution in [3.8, 4) is 17.1 Å². The summed E-state index contributed by atoms with van der Waals surface area (Å²) < 4.78 is 9.91. The van der Waals surface area contributed by atoms with Gasteiger partial charge in [-0.2, -0.15) is 10.2 Å². The summed E-state index contributed by atoms with van der Waals surface area (Å²) in [6.45, 7) is 4.42. The average Bonchev–Trinajstić information content (AvgIpc) is 3.40. The second-order valence-electron chi connectivity index (χ2n) is 7.66. The third-order valence-electron chi connectivity index (χ3n) is 5.72. The van der Waals surface area contributed by atoms with Gasteiger partial charge in [0, 0.05) is 37.8 Å². The van der Waals surface area contributed by atoms with Crippen LogP contribution < -0.4 is 4.74 Å². The average molecular weight is 378 g/mol. The number of carbonyl (C=O) groups excluding carboxylic acids is 1. The van der Waals surface area contributed by atoms with Gasteiger partial charge in [0.2, 0.25) is 11.8 Å². The molecule has 1 aliphatic heterocycles. The largest absolute Gasteiger partial charge is 0.473 e. The molecule has 0 spiro atoms. The molecule has 1 unspecified atom stereocenters. The van der Waals surface area contributed by atoms with E-state index >= 15 is 0 Å². The Labute approximate surface area is 162 Å². The number of carbonyl (C=O) groups is 1. The minimum Gasteiger partial charge on any atom is -0.473 e. The van der Waals surface area contributed by atoms with Gasteiger partial charge in [-0.1, -0.05) is 6.58 Å². The van der Waals surface area contributed by atoms with Crippen LogP contribution in [-0.2, 0) is 11.8 Å². The maximum absolute atomic E-state index is 12.1. The van der Waals surface area contributed by atoms with Crippen molar-refractivity contribution in [2.75, 3.05) is 6.54 Å². The number of hydrogen-bond donors (Lipinski definition) is 0. The standard InChI is InChI=1S/C20H22N6O2/c1-3-19(27)25-10-13-6-15(25)8-16(7-13)28-20-18-4-5-21-26(18)12-17(23-20)14-9-22-24(2)11-14/h3-5,9,11-13,15-16H,1,6-8,10H2,2H3/t13?,15-,16-/m1/s1. The number of ether oxygens (including phenoxy) is 1. The van der Waals surface area contributed by atoms with Crippen LogP contribution in [0.3, 0.4) is 0 Å². The topological polar surface area (TPSA) is 77.6 Å².